The molecular formula is C13H10FN3O3S. The lowest BCUT2D eigenvalue weighted by atomic mass is 10.2. The van der Waals surface area contributed by atoms with Crippen LogP contribution in [0.5, 0.6) is 0 Å². The number of hydrogen-bond donors (Lipinski definition) is 1. The van der Waals surface area contributed by atoms with Gasteiger partial charge in [-0.25, -0.2) is 17.4 Å². The van der Waals surface area contributed by atoms with E-state index < -0.39 is 15.8 Å². The van der Waals surface area contributed by atoms with Crippen molar-refractivity contribution >= 4 is 26.7 Å². The summed E-state index contributed by atoms with van der Waals surface area (Å²) in [5.41, 5.74) is 0.751. The van der Waals surface area contributed by atoms with E-state index in [9.17, 15) is 12.8 Å². The zero-order valence-electron chi connectivity index (χ0n) is 10.9. The molecule has 3 aromatic rings. The molecule has 0 bridgehead atoms. The number of halogens is 1. The summed E-state index contributed by atoms with van der Waals surface area (Å²) < 4.78 is 45.4. The molecule has 0 spiro atoms. The van der Waals surface area contributed by atoms with Gasteiger partial charge in [0.1, 0.15) is 16.2 Å². The van der Waals surface area contributed by atoms with Gasteiger partial charge in [-0.1, -0.05) is 18.2 Å². The highest BCUT2D eigenvalue weighted by atomic mass is 32.2. The van der Waals surface area contributed by atoms with Crippen molar-refractivity contribution in [3.8, 4) is 0 Å². The van der Waals surface area contributed by atoms with E-state index in [1.165, 1.54) is 24.3 Å². The zero-order chi connectivity index (χ0) is 15.0. The lowest BCUT2D eigenvalue weighted by Gasteiger charge is -2.10. The maximum atomic E-state index is 13.6. The molecule has 0 radical (unpaired) electrons. The summed E-state index contributed by atoms with van der Waals surface area (Å²) in [6, 6.07) is 8.70. The Bertz CT molecular complexity index is 921. The largest absolute Gasteiger partial charge is 0.277 e. The van der Waals surface area contributed by atoms with Gasteiger partial charge in [-0.3, -0.25) is 4.72 Å². The number of aromatic nitrogens is 2. The Balaban J connectivity index is 2.15. The van der Waals surface area contributed by atoms with Crippen molar-refractivity contribution in [3.05, 3.63) is 47.8 Å². The van der Waals surface area contributed by atoms with E-state index in [4.69, 9.17) is 0 Å². The maximum Gasteiger partial charge on any atom is 0.264 e. The minimum Gasteiger partial charge on any atom is -0.277 e. The predicted molar refractivity (Wildman–Crippen MR) is 73.7 cm³/mol. The van der Waals surface area contributed by atoms with Gasteiger partial charge in [-0.2, -0.15) is 0 Å². The predicted octanol–water partition coefficient (Wildman–Crippen LogP) is 2.47. The van der Waals surface area contributed by atoms with E-state index in [2.05, 4.69) is 19.7 Å². The molecule has 0 atom stereocenters. The Morgan fingerprint density at radius 1 is 1.14 bits per heavy atom. The molecule has 1 N–H and O–H groups in total. The van der Waals surface area contributed by atoms with E-state index >= 15 is 0 Å². The van der Waals surface area contributed by atoms with Crippen LogP contribution in [0, 0.1) is 12.7 Å². The molecule has 0 unspecified atom stereocenters. The van der Waals surface area contributed by atoms with Crippen LogP contribution >= 0.6 is 0 Å². The third-order valence-electron chi connectivity index (χ3n) is 2.97. The second-order valence-electron chi connectivity index (χ2n) is 4.43. The minimum absolute atomic E-state index is 0.0792. The van der Waals surface area contributed by atoms with Gasteiger partial charge >= 0.3 is 0 Å². The van der Waals surface area contributed by atoms with Crippen LogP contribution in [0.15, 0.2) is 45.9 Å². The molecular weight excluding hydrogens is 297 g/mol. The van der Waals surface area contributed by atoms with Crippen molar-refractivity contribution in [1.82, 2.24) is 10.3 Å². The van der Waals surface area contributed by atoms with Gasteiger partial charge in [0.2, 0.25) is 0 Å². The first-order valence-corrected chi connectivity index (χ1v) is 7.46. The molecule has 0 saturated heterocycles. The number of hydrogen-bond acceptors (Lipinski definition) is 5. The van der Waals surface area contributed by atoms with Crippen LogP contribution in [0.25, 0.3) is 11.0 Å². The summed E-state index contributed by atoms with van der Waals surface area (Å²) in [5.74, 6) is -0.663. The van der Waals surface area contributed by atoms with Gasteiger partial charge in [0.15, 0.2) is 5.52 Å². The van der Waals surface area contributed by atoms with Gasteiger partial charge in [-0.15, -0.1) is 0 Å². The zero-order valence-corrected chi connectivity index (χ0v) is 11.7. The van der Waals surface area contributed by atoms with E-state index in [1.807, 2.05) is 0 Å². The number of benzene rings is 2. The molecule has 0 fully saturated rings. The van der Waals surface area contributed by atoms with Crippen LogP contribution in [0.1, 0.15) is 5.56 Å². The van der Waals surface area contributed by atoms with Crippen molar-refractivity contribution in [2.75, 3.05) is 4.72 Å². The fraction of sp³-hybridized carbons (Fsp3) is 0.0769. The molecule has 0 amide bonds. The first-order chi connectivity index (χ1) is 9.99. The number of aryl methyl sites for hydroxylation is 1. The quantitative estimate of drug-likeness (QED) is 0.803. The Labute approximate surface area is 119 Å². The summed E-state index contributed by atoms with van der Waals surface area (Å²) in [6.07, 6.45) is 0. The third-order valence-corrected chi connectivity index (χ3v) is 4.51. The number of nitrogens with zero attached hydrogens (tertiary/aromatic N) is 2. The molecule has 3 rings (SSSR count). The molecule has 6 nitrogen and oxygen atoms in total. The van der Waals surface area contributed by atoms with E-state index in [0.717, 1.165) is 0 Å². The first kappa shape index (κ1) is 13.5. The minimum atomic E-state index is -4.02. The van der Waals surface area contributed by atoms with E-state index in [0.29, 0.717) is 11.1 Å². The Kier molecular flexibility index (Phi) is 3.09. The van der Waals surface area contributed by atoms with Crippen molar-refractivity contribution in [2.24, 2.45) is 0 Å². The number of para-hydroxylation sites is 1. The number of rotatable bonds is 3. The molecule has 0 saturated carbocycles. The lowest BCUT2D eigenvalue weighted by molar-refractivity contribution is 0.315. The second-order valence-corrected chi connectivity index (χ2v) is 6.05. The third kappa shape index (κ3) is 2.33. The summed E-state index contributed by atoms with van der Waals surface area (Å²) in [5, 5.41) is 7.22. The molecule has 1 heterocycles. The standard InChI is InChI=1S/C13H10FN3O3S/c1-8-6-7-11-12(16-20-15-11)13(8)21(18,19)17-10-5-3-2-4-9(10)14/h2-7,17H,1H3. The van der Waals surface area contributed by atoms with Crippen LogP contribution in [0.4, 0.5) is 10.1 Å². The van der Waals surface area contributed by atoms with Crippen LogP contribution in [0.3, 0.4) is 0 Å². The average molecular weight is 307 g/mol. The van der Waals surface area contributed by atoms with Crippen molar-refractivity contribution in [2.45, 2.75) is 11.8 Å². The first-order valence-electron chi connectivity index (χ1n) is 5.98. The number of anilines is 1. The van der Waals surface area contributed by atoms with Crippen molar-refractivity contribution in [1.29, 1.82) is 0 Å². The van der Waals surface area contributed by atoms with Crippen LogP contribution in [0.2, 0.25) is 0 Å². The lowest BCUT2D eigenvalue weighted by Crippen LogP contribution is -2.15. The highest BCUT2D eigenvalue weighted by Gasteiger charge is 2.24. The molecule has 1 aromatic heterocycles. The van der Waals surface area contributed by atoms with Gasteiger partial charge in [0, 0.05) is 0 Å². The van der Waals surface area contributed by atoms with Gasteiger partial charge in [-0.05, 0) is 41.0 Å². The molecule has 0 aliphatic rings. The summed E-state index contributed by atoms with van der Waals surface area (Å²) in [6.45, 7) is 1.62. The van der Waals surface area contributed by atoms with Crippen LogP contribution in [-0.2, 0) is 10.0 Å². The summed E-state index contributed by atoms with van der Waals surface area (Å²) >= 11 is 0. The molecule has 21 heavy (non-hydrogen) atoms. The van der Waals surface area contributed by atoms with Gasteiger partial charge < -0.3 is 0 Å². The molecule has 0 aliphatic carbocycles. The van der Waals surface area contributed by atoms with Crippen molar-refractivity contribution in [3.63, 3.8) is 0 Å². The highest BCUT2D eigenvalue weighted by molar-refractivity contribution is 7.93. The van der Waals surface area contributed by atoms with Crippen LogP contribution < -0.4 is 4.72 Å². The van der Waals surface area contributed by atoms with Gasteiger partial charge in [0.25, 0.3) is 10.0 Å². The number of sulfonamides is 1. The molecule has 2 aromatic carbocycles. The fourth-order valence-electron chi connectivity index (χ4n) is 2.01. The Morgan fingerprint density at radius 3 is 2.67 bits per heavy atom. The summed E-state index contributed by atoms with van der Waals surface area (Å²) in [7, 11) is -4.02. The number of nitrogens with one attached hydrogen (secondary N) is 1. The van der Waals surface area contributed by atoms with Gasteiger partial charge in [0.05, 0.1) is 5.69 Å². The van der Waals surface area contributed by atoms with Crippen LogP contribution in [-0.4, -0.2) is 18.7 Å². The topological polar surface area (TPSA) is 85.1 Å². The molecule has 108 valence electrons. The smallest absolute Gasteiger partial charge is 0.264 e. The average Bonchev–Trinajstić information content (AvgIpc) is 2.88. The van der Waals surface area contributed by atoms with E-state index in [1.54, 1.807) is 19.1 Å². The second kappa shape index (κ2) is 4.81. The fourth-order valence-corrected chi connectivity index (χ4v) is 3.45. The Hall–Kier alpha value is -2.48. The van der Waals surface area contributed by atoms with Crippen molar-refractivity contribution < 1.29 is 17.4 Å². The van der Waals surface area contributed by atoms with E-state index in [-0.39, 0.29) is 16.1 Å². The maximum absolute atomic E-state index is 13.6. The summed E-state index contributed by atoms with van der Waals surface area (Å²) in [4.78, 5) is -0.0792. The highest BCUT2D eigenvalue weighted by Crippen LogP contribution is 2.26. The SMILES string of the molecule is Cc1ccc2nonc2c1S(=O)(=O)Nc1ccccc1F. The Morgan fingerprint density at radius 2 is 1.90 bits per heavy atom. The normalized spacial score (nSPS) is 11.7. The monoisotopic (exact) mass is 307 g/mol. The molecule has 0 aliphatic heterocycles. The number of fused-ring (bicyclic) bond motifs is 1. The molecule has 8 heteroatoms.